The van der Waals surface area contributed by atoms with Crippen LogP contribution in [0.4, 0.5) is 5.13 Å². The standard InChI is InChI=1S/C18H21N3O2S2/c1-3-4-5-11-23-15-8-6-14(7-9-15)16(22)21-18-20-13(2)17(25-18)24-12-10-19/h6-9H,3-5,11-12H2,1-2H3,(H,20,21,22). The maximum atomic E-state index is 12.3. The molecule has 0 aliphatic carbocycles. The van der Waals surface area contributed by atoms with Gasteiger partial charge in [0.1, 0.15) is 5.75 Å². The Morgan fingerprint density at radius 1 is 1.36 bits per heavy atom. The van der Waals surface area contributed by atoms with Gasteiger partial charge in [0, 0.05) is 5.56 Å². The summed E-state index contributed by atoms with van der Waals surface area (Å²) in [6.07, 6.45) is 3.35. The average molecular weight is 376 g/mol. The largest absolute Gasteiger partial charge is 0.494 e. The minimum Gasteiger partial charge on any atom is -0.494 e. The number of carbonyl (C=O) groups excluding carboxylic acids is 1. The van der Waals surface area contributed by atoms with Crippen LogP contribution in [0, 0.1) is 18.3 Å². The maximum Gasteiger partial charge on any atom is 0.257 e. The fraction of sp³-hybridized carbons (Fsp3) is 0.389. The molecule has 0 fully saturated rings. The van der Waals surface area contributed by atoms with Crippen LogP contribution in [-0.4, -0.2) is 23.3 Å². The first-order valence-corrected chi connectivity index (χ1v) is 9.95. The first-order chi connectivity index (χ1) is 12.1. The summed E-state index contributed by atoms with van der Waals surface area (Å²) in [5.41, 5.74) is 1.39. The van der Waals surface area contributed by atoms with Gasteiger partial charge in [-0.2, -0.15) is 5.26 Å². The van der Waals surface area contributed by atoms with Gasteiger partial charge in [0.15, 0.2) is 5.13 Å². The highest BCUT2D eigenvalue weighted by molar-refractivity contribution is 8.01. The lowest BCUT2D eigenvalue weighted by molar-refractivity contribution is 0.102. The molecule has 132 valence electrons. The number of nitriles is 1. The molecule has 0 aliphatic heterocycles. The van der Waals surface area contributed by atoms with Crippen molar-refractivity contribution in [2.45, 2.75) is 37.3 Å². The average Bonchev–Trinajstić information content (AvgIpc) is 2.96. The van der Waals surface area contributed by atoms with Crippen molar-refractivity contribution >= 4 is 34.1 Å². The fourth-order valence-electron chi connectivity index (χ4n) is 2.08. The predicted octanol–water partition coefficient (Wildman–Crippen LogP) is 4.89. The second-order valence-corrected chi connectivity index (χ2v) is 7.62. The van der Waals surface area contributed by atoms with E-state index in [1.165, 1.54) is 23.1 Å². The number of anilines is 1. The van der Waals surface area contributed by atoms with Gasteiger partial charge < -0.3 is 4.74 Å². The van der Waals surface area contributed by atoms with Gasteiger partial charge in [-0.25, -0.2) is 4.98 Å². The summed E-state index contributed by atoms with van der Waals surface area (Å²) < 4.78 is 6.60. The number of rotatable bonds is 9. The van der Waals surface area contributed by atoms with Crippen LogP contribution in [0.5, 0.6) is 5.75 Å². The Hall–Kier alpha value is -2.04. The predicted molar refractivity (Wildman–Crippen MR) is 103 cm³/mol. The second kappa shape index (κ2) is 10.1. The van der Waals surface area contributed by atoms with Crippen molar-refractivity contribution in [1.82, 2.24) is 4.98 Å². The molecule has 1 heterocycles. The highest BCUT2D eigenvalue weighted by Crippen LogP contribution is 2.32. The molecule has 7 heteroatoms. The smallest absolute Gasteiger partial charge is 0.257 e. The van der Waals surface area contributed by atoms with Crippen molar-refractivity contribution < 1.29 is 9.53 Å². The maximum absolute atomic E-state index is 12.3. The van der Waals surface area contributed by atoms with E-state index >= 15 is 0 Å². The quantitative estimate of drug-likeness (QED) is 0.499. The van der Waals surface area contributed by atoms with Crippen LogP contribution in [0.25, 0.3) is 0 Å². The molecule has 0 aliphatic rings. The molecular formula is C18H21N3O2S2. The van der Waals surface area contributed by atoms with Gasteiger partial charge in [-0.15, -0.1) is 0 Å². The van der Waals surface area contributed by atoms with E-state index in [0.29, 0.717) is 23.1 Å². The number of nitrogens with one attached hydrogen (secondary N) is 1. The normalized spacial score (nSPS) is 10.3. The number of amides is 1. The molecule has 0 spiro atoms. The second-order valence-electron chi connectivity index (χ2n) is 5.37. The van der Waals surface area contributed by atoms with Gasteiger partial charge in [0.25, 0.3) is 5.91 Å². The number of thiazole rings is 1. The molecule has 1 N–H and O–H groups in total. The van der Waals surface area contributed by atoms with Gasteiger partial charge in [-0.05, 0) is 37.6 Å². The molecule has 1 aromatic heterocycles. The number of aromatic nitrogens is 1. The number of aryl methyl sites for hydroxylation is 1. The van der Waals surface area contributed by atoms with E-state index in [0.717, 1.165) is 34.9 Å². The van der Waals surface area contributed by atoms with E-state index in [1.807, 2.05) is 19.1 Å². The molecule has 0 radical (unpaired) electrons. The van der Waals surface area contributed by atoms with E-state index in [9.17, 15) is 4.79 Å². The third kappa shape index (κ3) is 6.07. The van der Waals surface area contributed by atoms with Gasteiger partial charge in [-0.1, -0.05) is 42.9 Å². The molecule has 1 aromatic carbocycles. The number of hydrogen-bond acceptors (Lipinski definition) is 6. The lowest BCUT2D eigenvalue weighted by atomic mass is 10.2. The highest BCUT2D eigenvalue weighted by Gasteiger charge is 2.12. The van der Waals surface area contributed by atoms with Crippen LogP contribution in [0.2, 0.25) is 0 Å². The molecule has 2 aromatic rings. The molecule has 0 atom stereocenters. The zero-order chi connectivity index (χ0) is 18.1. The van der Waals surface area contributed by atoms with Crippen LogP contribution in [-0.2, 0) is 0 Å². The van der Waals surface area contributed by atoms with Gasteiger partial charge in [-0.3, -0.25) is 10.1 Å². The zero-order valence-corrected chi connectivity index (χ0v) is 16.0. The van der Waals surface area contributed by atoms with Crippen molar-refractivity contribution in [3.8, 4) is 11.8 Å². The number of carbonyl (C=O) groups is 1. The summed E-state index contributed by atoms with van der Waals surface area (Å²) >= 11 is 2.82. The number of hydrogen-bond donors (Lipinski definition) is 1. The van der Waals surface area contributed by atoms with Gasteiger partial charge in [0.2, 0.25) is 0 Å². The molecule has 0 bridgehead atoms. The summed E-state index contributed by atoms with van der Waals surface area (Å²) in [7, 11) is 0. The van der Waals surface area contributed by atoms with Crippen LogP contribution in [0.1, 0.15) is 42.2 Å². The summed E-state index contributed by atoms with van der Waals surface area (Å²) in [4.78, 5) is 16.7. The number of unbranched alkanes of at least 4 members (excludes halogenated alkanes) is 2. The lowest BCUT2D eigenvalue weighted by Gasteiger charge is -2.06. The summed E-state index contributed by atoms with van der Waals surface area (Å²) in [5, 5.41) is 12.0. The Kier molecular flexibility index (Phi) is 7.76. The van der Waals surface area contributed by atoms with E-state index in [-0.39, 0.29) is 5.91 Å². The fourth-order valence-corrected chi connectivity index (χ4v) is 3.88. The highest BCUT2D eigenvalue weighted by atomic mass is 32.2. The Labute approximate surface area is 156 Å². The third-order valence-electron chi connectivity index (χ3n) is 3.38. The summed E-state index contributed by atoms with van der Waals surface area (Å²) in [6, 6.07) is 9.20. The lowest BCUT2D eigenvalue weighted by Crippen LogP contribution is -2.11. The molecule has 5 nitrogen and oxygen atoms in total. The van der Waals surface area contributed by atoms with Crippen molar-refractivity contribution in [3.63, 3.8) is 0 Å². The van der Waals surface area contributed by atoms with Crippen molar-refractivity contribution in [3.05, 3.63) is 35.5 Å². The van der Waals surface area contributed by atoms with Crippen LogP contribution in [0.15, 0.2) is 28.5 Å². The van der Waals surface area contributed by atoms with Crippen molar-refractivity contribution in [2.24, 2.45) is 0 Å². The molecule has 0 saturated carbocycles. The number of benzene rings is 1. The van der Waals surface area contributed by atoms with E-state index in [4.69, 9.17) is 10.00 Å². The zero-order valence-electron chi connectivity index (χ0n) is 14.4. The minimum absolute atomic E-state index is 0.205. The summed E-state index contributed by atoms with van der Waals surface area (Å²) in [5.74, 6) is 0.937. The Balaban J connectivity index is 1.91. The van der Waals surface area contributed by atoms with Crippen LogP contribution < -0.4 is 10.1 Å². The topological polar surface area (TPSA) is 75.0 Å². The van der Waals surface area contributed by atoms with E-state index in [2.05, 4.69) is 23.3 Å². The van der Waals surface area contributed by atoms with Crippen molar-refractivity contribution in [1.29, 1.82) is 5.26 Å². The monoisotopic (exact) mass is 375 g/mol. The van der Waals surface area contributed by atoms with Crippen molar-refractivity contribution in [2.75, 3.05) is 17.7 Å². The number of thioether (sulfide) groups is 1. The van der Waals surface area contributed by atoms with Crippen LogP contribution >= 0.6 is 23.1 Å². The van der Waals surface area contributed by atoms with E-state index < -0.39 is 0 Å². The Morgan fingerprint density at radius 2 is 2.12 bits per heavy atom. The molecule has 0 unspecified atom stereocenters. The van der Waals surface area contributed by atoms with Gasteiger partial charge in [0.05, 0.1) is 28.3 Å². The first kappa shape index (κ1) is 19.3. The SMILES string of the molecule is CCCCCOc1ccc(C(=O)Nc2nc(C)c(SCC#N)s2)cc1. The third-order valence-corrected chi connectivity index (χ3v) is 5.68. The van der Waals surface area contributed by atoms with Crippen LogP contribution in [0.3, 0.4) is 0 Å². The number of nitrogens with zero attached hydrogens (tertiary/aromatic N) is 2. The van der Waals surface area contributed by atoms with Gasteiger partial charge >= 0.3 is 0 Å². The molecule has 2 rings (SSSR count). The minimum atomic E-state index is -0.205. The number of ether oxygens (including phenoxy) is 1. The molecule has 1 amide bonds. The Bertz CT molecular complexity index is 736. The molecule has 25 heavy (non-hydrogen) atoms. The molecular weight excluding hydrogens is 354 g/mol. The van der Waals surface area contributed by atoms with E-state index in [1.54, 1.807) is 12.1 Å². The first-order valence-electron chi connectivity index (χ1n) is 8.15. The summed E-state index contributed by atoms with van der Waals surface area (Å²) in [6.45, 7) is 4.72. The Morgan fingerprint density at radius 3 is 2.80 bits per heavy atom. The molecule has 0 saturated heterocycles.